The van der Waals surface area contributed by atoms with Gasteiger partial charge >= 0.3 is 5.97 Å². The minimum absolute atomic E-state index is 0.0251. The summed E-state index contributed by atoms with van der Waals surface area (Å²) in [5, 5.41) is 26.9. The maximum atomic E-state index is 13.8. The van der Waals surface area contributed by atoms with Gasteiger partial charge in [-0.15, -0.1) is 11.8 Å². The van der Waals surface area contributed by atoms with Gasteiger partial charge in [-0.05, 0) is 18.1 Å². The van der Waals surface area contributed by atoms with Gasteiger partial charge in [-0.25, -0.2) is 9.56 Å². The van der Waals surface area contributed by atoms with E-state index < -0.39 is 23.5 Å². The highest BCUT2D eigenvalue weighted by Crippen LogP contribution is 2.65. The van der Waals surface area contributed by atoms with Crippen LogP contribution in [0.4, 0.5) is 11.4 Å². The van der Waals surface area contributed by atoms with Gasteiger partial charge in [0.2, 0.25) is 17.2 Å². The lowest BCUT2D eigenvalue weighted by atomic mass is 9.64. The first-order valence-corrected chi connectivity index (χ1v) is 14.0. The number of carboxylic acid groups (broad SMARTS) is 1. The minimum atomic E-state index is -1.06. The Morgan fingerprint density at radius 3 is 3.14 bits per heavy atom. The third kappa shape index (κ3) is 2.56. The van der Waals surface area contributed by atoms with Crippen molar-refractivity contribution < 1.29 is 19.8 Å². The summed E-state index contributed by atoms with van der Waals surface area (Å²) in [4.78, 5) is 35.6. The molecule has 37 heavy (non-hydrogen) atoms. The number of imidazole rings is 1. The lowest BCUT2D eigenvalue weighted by Crippen LogP contribution is -2.69. The molecule has 3 bridgehead atoms. The number of nitrogens with two attached hydrogens (primary N) is 1. The van der Waals surface area contributed by atoms with Crippen LogP contribution in [-0.2, 0) is 28.5 Å². The second kappa shape index (κ2) is 7.06. The fourth-order valence-electron chi connectivity index (χ4n) is 7.05. The number of aromatic nitrogens is 2. The molecular formula is C25H23N6O4S2+. The Morgan fingerprint density at radius 1 is 1.49 bits per heavy atom. The van der Waals surface area contributed by atoms with Crippen molar-refractivity contribution in [2.75, 3.05) is 11.9 Å². The van der Waals surface area contributed by atoms with Crippen LogP contribution < -0.4 is 26.2 Å². The number of carbonyl (C=O) groups is 2. The van der Waals surface area contributed by atoms with E-state index in [1.54, 1.807) is 29.9 Å². The first-order chi connectivity index (χ1) is 17.8. The summed E-state index contributed by atoms with van der Waals surface area (Å²) in [6.45, 7) is 0.688. The molecule has 6 aliphatic rings. The number of carboxylic acids is 1. The van der Waals surface area contributed by atoms with E-state index in [9.17, 15) is 19.8 Å². The van der Waals surface area contributed by atoms with Gasteiger partial charge in [-0.3, -0.25) is 14.6 Å². The van der Waals surface area contributed by atoms with Crippen molar-refractivity contribution in [2.24, 2.45) is 17.8 Å². The number of phenolic OH excluding ortho intramolecular Hbond substituents is 1. The number of hydrogen-bond acceptors (Lipinski definition) is 9. The topological polar surface area (TPSA) is 146 Å². The average molecular weight is 536 g/mol. The monoisotopic (exact) mass is 535 g/mol. The number of aryl methyl sites for hydroxylation is 1. The second-order valence-corrected chi connectivity index (χ2v) is 12.8. The highest BCUT2D eigenvalue weighted by atomic mass is 32.2. The number of carbonyl (C=O) groups excluding carboxylic acids is 1. The first kappa shape index (κ1) is 21.9. The van der Waals surface area contributed by atoms with Crippen molar-refractivity contribution in [3.63, 3.8) is 0 Å². The van der Waals surface area contributed by atoms with Gasteiger partial charge in [0.15, 0.2) is 5.75 Å². The molecule has 10 nitrogen and oxygen atoms in total. The molecule has 0 radical (unpaired) electrons. The number of anilines is 1. The van der Waals surface area contributed by atoms with Crippen LogP contribution in [0.2, 0.25) is 0 Å². The number of fused-ring (bicyclic) bond motifs is 3. The molecule has 5 atom stereocenters. The van der Waals surface area contributed by atoms with E-state index in [2.05, 4.69) is 19.9 Å². The number of aliphatic carboxylic acids is 1. The van der Waals surface area contributed by atoms with Crippen LogP contribution in [0.3, 0.4) is 0 Å². The molecular weight excluding hydrogens is 512 g/mol. The number of ketones is 1. The normalized spacial score (nSPS) is 29.9. The minimum Gasteiger partial charge on any atom is -0.504 e. The molecule has 0 saturated carbocycles. The van der Waals surface area contributed by atoms with Gasteiger partial charge in [0.1, 0.15) is 23.3 Å². The molecule has 12 heteroatoms. The van der Waals surface area contributed by atoms with Crippen LogP contribution in [-0.4, -0.2) is 67.0 Å². The highest BCUT2D eigenvalue weighted by Gasteiger charge is 2.67. The molecule has 8 rings (SSSR count). The third-order valence-corrected chi connectivity index (χ3v) is 11.4. The number of nitrogens with one attached hydrogen (secondary N) is 1. The maximum Gasteiger partial charge on any atom is 0.320 e. The quantitative estimate of drug-likeness (QED) is 0.306. The number of thioether (sulfide) groups is 2. The smallest absolute Gasteiger partial charge is 0.320 e. The number of benzene rings is 1. The van der Waals surface area contributed by atoms with Crippen LogP contribution in [0, 0.1) is 0 Å². The first-order valence-electron chi connectivity index (χ1n) is 12.2. The number of aromatic hydroxyl groups is 1. The van der Waals surface area contributed by atoms with E-state index in [1.165, 1.54) is 0 Å². The predicted octanol–water partition coefficient (Wildman–Crippen LogP) is -0.0225. The number of allylic oxidation sites excluding steroid dienone is 1. The predicted molar refractivity (Wildman–Crippen MR) is 140 cm³/mol. The summed E-state index contributed by atoms with van der Waals surface area (Å²) in [5.74, 6) is -0.807. The van der Waals surface area contributed by atoms with E-state index in [1.807, 2.05) is 23.9 Å². The molecule has 0 amide bonds. The Balaban J connectivity index is 1.39. The third-order valence-electron chi connectivity index (χ3n) is 8.63. The van der Waals surface area contributed by atoms with Gasteiger partial charge in [0.25, 0.3) is 0 Å². The number of phenols is 1. The number of rotatable bonds is 5. The highest BCUT2D eigenvalue weighted by molar-refractivity contribution is 8.04. The van der Waals surface area contributed by atoms with E-state index in [0.717, 1.165) is 50.8 Å². The van der Waals surface area contributed by atoms with Crippen molar-refractivity contribution in [1.29, 1.82) is 0 Å². The molecule has 1 aromatic heterocycles. The molecule has 5 aliphatic heterocycles. The summed E-state index contributed by atoms with van der Waals surface area (Å²) in [6.07, 6.45) is 7.05. The standard InChI is InChI=1S/C25H22N6O4S2/c1-30-8-28-23(11(30)4-10(26)24(34)35)37-22-19-12(32)5-13-25(22)6-14(36-13)29-18-16(25)20-15-9(2-3-31(19)20)7-27-17(15)21(18)33/h5,7-8,10,14,19,22H,2-4,6,26H2,1H3,(H2,27,29,33,34,35)/p+1/t10-,14-,19+,22?,25+/m0/s1. The second-order valence-electron chi connectivity index (χ2n) is 10.5. The van der Waals surface area contributed by atoms with Crippen LogP contribution in [0.1, 0.15) is 24.1 Å². The molecule has 5 N–H and O–H groups in total. The van der Waals surface area contributed by atoms with Gasteiger partial charge in [-0.2, -0.15) is 0 Å². The Kier molecular flexibility index (Phi) is 4.19. The lowest BCUT2D eigenvalue weighted by molar-refractivity contribution is -0.138. The SMILES string of the molecule is Cn1cnc(SC2[C@H]3C(=O)C=C4S[C@H]5C[C@]42c2c(c(O)c4c6c2=[N+]3CCC=6C=N4)N5)c1C[C@H](N)C(=O)O. The van der Waals surface area contributed by atoms with Crippen molar-refractivity contribution in [3.05, 3.63) is 39.1 Å². The van der Waals surface area contributed by atoms with Crippen molar-refractivity contribution in [1.82, 2.24) is 14.1 Å². The largest absolute Gasteiger partial charge is 0.504 e. The zero-order valence-corrected chi connectivity index (χ0v) is 21.4. The molecule has 1 fully saturated rings. The van der Waals surface area contributed by atoms with Gasteiger partial charge < -0.3 is 25.8 Å². The summed E-state index contributed by atoms with van der Waals surface area (Å²) in [7, 11) is 1.84. The van der Waals surface area contributed by atoms with Crippen LogP contribution in [0.5, 0.6) is 5.75 Å². The summed E-state index contributed by atoms with van der Waals surface area (Å²) in [6, 6.07) is -1.45. The summed E-state index contributed by atoms with van der Waals surface area (Å²) >= 11 is 3.22. The molecule has 188 valence electrons. The Bertz CT molecular complexity index is 1690. The van der Waals surface area contributed by atoms with E-state index in [0.29, 0.717) is 17.3 Å². The number of hydrogen-bond donors (Lipinski definition) is 4. The van der Waals surface area contributed by atoms with Crippen LogP contribution in [0.25, 0.3) is 5.57 Å². The summed E-state index contributed by atoms with van der Waals surface area (Å²) in [5.41, 5.74) is 9.67. The molecule has 1 saturated heterocycles. The van der Waals surface area contributed by atoms with E-state index in [-0.39, 0.29) is 28.6 Å². The number of aliphatic imine (C=N–C) groups is 1. The van der Waals surface area contributed by atoms with Crippen molar-refractivity contribution >= 4 is 58.4 Å². The molecule has 1 aliphatic carbocycles. The van der Waals surface area contributed by atoms with E-state index in [4.69, 9.17) is 5.73 Å². The zero-order valence-electron chi connectivity index (χ0n) is 19.8. The molecule has 1 unspecified atom stereocenters. The molecule has 1 spiro atoms. The fraction of sp³-hybridized carbons (Fsp3) is 0.400. The van der Waals surface area contributed by atoms with Crippen molar-refractivity contribution in [3.8, 4) is 5.75 Å². The number of nitrogens with zero attached hydrogens (tertiary/aromatic N) is 4. The fourth-order valence-corrected chi connectivity index (χ4v) is 10.3. The maximum absolute atomic E-state index is 13.8. The molecule has 2 aromatic rings. The van der Waals surface area contributed by atoms with Gasteiger partial charge in [0.05, 0.1) is 44.5 Å². The Labute approximate surface area is 219 Å². The summed E-state index contributed by atoms with van der Waals surface area (Å²) < 4.78 is 4.04. The zero-order chi connectivity index (χ0) is 25.4. The van der Waals surface area contributed by atoms with Gasteiger partial charge in [-0.1, -0.05) is 11.8 Å². The van der Waals surface area contributed by atoms with Crippen molar-refractivity contribution in [2.45, 2.75) is 52.4 Å². The lowest BCUT2D eigenvalue weighted by Gasteiger charge is -2.47. The Morgan fingerprint density at radius 2 is 2.32 bits per heavy atom. The molecule has 1 aromatic carbocycles. The van der Waals surface area contributed by atoms with Crippen LogP contribution >= 0.6 is 23.5 Å². The Hall–Kier alpha value is -3.09. The molecule has 6 heterocycles. The average Bonchev–Trinajstić information content (AvgIpc) is 3.52. The van der Waals surface area contributed by atoms with Crippen LogP contribution in [0.15, 0.2) is 27.3 Å². The van der Waals surface area contributed by atoms with Gasteiger partial charge in [0, 0.05) is 31.0 Å². The van der Waals surface area contributed by atoms with E-state index >= 15 is 0 Å².